The van der Waals surface area contributed by atoms with Gasteiger partial charge in [0.05, 0.1) is 10.2 Å². The summed E-state index contributed by atoms with van der Waals surface area (Å²) in [6.45, 7) is 0. The van der Waals surface area contributed by atoms with Crippen molar-refractivity contribution in [3.63, 3.8) is 0 Å². The van der Waals surface area contributed by atoms with Crippen LogP contribution in [-0.4, -0.2) is 10.2 Å². The Labute approximate surface area is 77.1 Å². The second-order valence-corrected chi connectivity index (χ2v) is 0.447. The van der Waals surface area contributed by atoms with Crippen LogP contribution in [-0.2, 0) is 36.0 Å². The van der Waals surface area contributed by atoms with Crippen LogP contribution in [0.5, 0.6) is 0 Å². The molecule has 0 aromatic carbocycles. The van der Waals surface area contributed by atoms with E-state index in [1.165, 1.54) is 0 Å². The molecule has 0 N–H and O–H groups in total. The van der Waals surface area contributed by atoms with E-state index in [2.05, 4.69) is 0 Å². The summed E-state index contributed by atoms with van der Waals surface area (Å²) in [7, 11) is 0. The smallest absolute Gasteiger partial charge is 0.356 e. The molecular formula is N2NiO6Zn+2. The Hall–Kier alpha value is -0.483. The van der Waals surface area contributed by atoms with Gasteiger partial charge >= 0.3 is 36.0 Å². The van der Waals surface area contributed by atoms with Crippen molar-refractivity contribution in [3.8, 4) is 0 Å². The number of rotatable bonds is 0. The molecule has 0 aliphatic heterocycles. The fourth-order valence-corrected chi connectivity index (χ4v) is 0. The summed E-state index contributed by atoms with van der Waals surface area (Å²) in [4.78, 5) is 16.5. The molecule has 0 spiro atoms. The fourth-order valence-electron chi connectivity index (χ4n) is 0. The van der Waals surface area contributed by atoms with Gasteiger partial charge in [0.15, 0.2) is 0 Å². The summed E-state index contributed by atoms with van der Waals surface area (Å²) < 4.78 is 0. The molecule has 0 amide bonds. The van der Waals surface area contributed by atoms with Crippen LogP contribution in [0, 0.1) is 30.6 Å². The van der Waals surface area contributed by atoms with Gasteiger partial charge in [-0.3, -0.25) is 0 Å². The second kappa shape index (κ2) is 15.8. The van der Waals surface area contributed by atoms with Crippen LogP contribution >= 0.6 is 0 Å². The van der Waals surface area contributed by atoms with Crippen LogP contribution in [0.1, 0.15) is 0 Å². The maximum absolute atomic E-state index is 8.25. The van der Waals surface area contributed by atoms with E-state index >= 15 is 0 Å². The van der Waals surface area contributed by atoms with Crippen LogP contribution in [0.3, 0.4) is 0 Å². The Morgan fingerprint density at radius 3 is 0.800 bits per heavy atom. The second-order valence-electron chi connectivity index (χ2n) is 0.447. The van der Waals surface area contributed by atoms with E-state index in [0.29, 0.717) is 0 Å². The van der Waals surface area contributed by atoms with Crippen molar-refractivity contribution in [1.29, 1.82) is 0 Å². The van der Waals surface area contributed by atoms with Crippen molar-refractivity contribution in [3.05, 3.63) is 30.6 Å². The van der Waals surface area contributed by atoms with Crippen LogP contribution < -0.4 is 0 Å². The van der Waals surface area contributed by atoms with Crippen LogP contribution in [0.2, 0.25) is 0 Å². The molecule has 0 fully saturated rings. The molecule has 0 radical (unpaired) electrons. The van der Waals surface area contributed by atoms with Crippen LogP contribution in [0.25, 0.3) is 0 Å². The molecule has 0 atom stereocenters. The summed E-state index contributed by atoms with van der Waals surface area (Å²) in [6, 6.07) is 0. The third-order valence-electron chi connectivity index (χ3n) is 0. The fraction of sp³-hybridized carbons (Fsp3) is 0. The molecule has 56 valence electrons. The van der Waals surface area contributed by atoms with E-state index in [1.807, 2.05) is 0 Å². The SMILES string of the molecule is O=[N+]([O-])[O-].O=[N+]([O-])[O-].[Ni+2].[Zn+2]. The Balaban J connectivity index is -0.0000000300. The summed E-state index contributed by atoms with van der Waals surface area (Å²) in [5.41, 5.74) is 0. The van der Waals surface area contributed by atoms with Crippen molar-refractivity contribution in [2.45, 2.75) is 0 Å². The topological polar surface area (TPSA) is 132 Å². The summed E-state index contributed by atoms with van der Waals surface area (Å²) >= 11 is 0. The van der Waals surface area contributed by atoms with Gasteiger partial charge in [-0.05, 0) is 0 Å². The number of hydrogen-bond donors (Lipinski definition) is 0. The maximum atomic E-state index is 8.25. The van der Waals surface area contributed by atoms with Gasteiger partial charge in [0.25, 0.3) is 0 Å². The first-order valence-corrected chi connectivity index (χ1v) is 1.10. The van der Waals surface area contributed by atoms with Gasteiger partial charge in [0.2, 0.25) is 0 Å². The molecule has 0 saturated heterocycles. The molecular weight excluding hydrogens is 248 g/mol. The van der Waals surface area contributed by atoms with Gasteiger partial charge in [-0.2, -0.15) is 0 Å². The Kier molecular flexibility index (Phi) is 35.9. The van der Waals surface area contributed by atoms with Gasteiger partial charge in [0.1, 0.15) is 0 Å². The van der Waals surface area contributed by atoms with E-state index in [0.717, 1.165) is 0 Å². The summed E-state index contributed by atoms with van der Waals surface area (Å²) in [5, 5.41) is 29.5. The maximum Gasteiger partial charge on any atom is 2.00 e. The third kappa shape index (κ3) is 1370. The Bertz CT molecular complexity index is 73.7. The zero-order chi connectivity index (χ0) is 7.15. The number of hydrogen-bond acceptors (Lipinski definition) is 6. The van der Waals surface area contributed by atoms with Gasteiger partial charge in [-0.25, -0.2) is 0 Å². The molecule has 0 bridgehead atoms. The largest absolute Gasteiger partial charge is 2.00 e. The minimum absolute atomic E-state index is 0. The van der Waals surface area contributed by atoms with Crippen molar-refractivity contribution in [1.82, 2.24) is 0 Å². The molecule has 0 aliphatic rings. The van der Waals surface area contributed by atoms with Gasteiger partial charge in [0, 0.05) is 0 Å². The normalized spacial score (nSPS) is 4.80. The van der Waals surface area contributed by atoms with E-state index in [9.17, 15) is 0 Å². The third-order valence-corrected chi connectivity index (χ3v) is 0. The molecule has 0 aromatic rings. The molecule has 0 aliphatic carbocycles. The predicted octanol–water partition coefficient (Wildman–Crippen LogP) is -0.483. The molecule has 0 aromatic heterocycles. The summed E-state index contributed by atoms with van der Waals surface area (Å²) in [6.07, 6.45) is 0. The van der Waals surface area contributed by atoms with Crippen molar-refractivity contribution < 1.29 is 46.1 Å². The number of nitrogens with zero attached hydrogens (tertiary/aromatic N) is 2. The Morgan fingerprint density at radius 1 is 0.800 bits per heavy atom. The van der Waals surface area contributed by atoms with Gasteiger partial charge in [-0.15, -0.1) is 0 Å². The monoisotopic (exact) mass is 246 g/mol. The molecule has 0 saturated carbocycles. The van der Waals surface area contributed by atoms with E-state index < -0.39 is 10.2 Å². The molecule has 10 heteroatoms. The quantitative estimate of drug-likeness (QED) is 0.323. The molecule has 0 unspecified atom stereocenters. The average Bonchev–Trinajstić information content (AvgIpc) is 1.25. The van der Waals surface area contributed by atoms with Crippen LogP contribution in [0.15, 0.2) is 0 Å². The first-order valence-electron chi connectivity index (χ1n) is 1.10. The minimum Gasteiger partial charge on any atom is -0.356 e. The zero-order valence-corrected chi connectivity index (χ0v) is 8.32. The predicted molar refractivity (Wildman–Crippen MR) is 20.7 cm³/mol. The summed E-state index contributed by atoms with van der Waals surface area (Å²) in [5.74, 6) is 0. The van der Waals surface area contributed by atoms with E-state index in [4.69, 9.17) is 30.6 Å². The zero-order valence-electron chi connectivity index (χ0n) is 4.37. The standard InChI is InChI=1S/2NO3.Ni.Zn/c2*2-1(3)4;;/q2*-1;2*+2. The van der Waals surface area contributed by atoms with Crippen molar-refractivity contribution in [2.75, 3.05) is 0 Å². The van der Waals surface area contributed by atoms with E-state index in [1.54, 1.807) is 0 Å². The molecule has 0 rings (SSSR count). The Morgan fingerprint density at radius 2 is 0.800 bits per heavy atom. The van der Waals surface area contributed by atoms with Crippen molar-refractivity contribution in [2.24, 2.45) is 0 Å². The average molecular weight is 248 g/mol. The minimum atomic E-state index is -1.75. The first kappa shape index (κ1) is 22.7. The van der Waals surface area contributed by atoms with Gasteiger partial charge < -0.3 is 30.6 Å². The van der Waals surface area contributed by atoms with Gasteiger partial charge in [-0.1, -0.05) is 0 Å². The van der Waals surface area contributed by atoms with E-state index in [-0.39, 0.29) is 36.0 Å². The molecule has 0 heterocycles. The molecule has 8 nitrogen and oxygen atoms in total. The van der Waals surface area contributed by atoms with Crippen molar-refractivity contribution >= 4 is 0 Å². The van der Waals surface area contributed by atoms with Crippen LogP contribution in [0.4, 0.5) is 0 Å². The first-order chi connectivity index (χ1) is 3.46. The molecule has 10 heavy (non-hydrogen) atoms.